The second-order valence-corrected chi connectivity index (χ2v) is 4.42. The molecule has 0 saturated carbocycles. The van der Waals surface area contributed by atoms with Crippen molar-refractivity contribution in [1.29, 1.82) is 0 Å². The minimum absolute atomic E-state index is 0.150. The Hall–Kier alpha value is -2.05. The van der Waals surface area contributed by atoms with Crippen LogP contribution in [0.2, 0.25) is 0 Å². The lowest BCUT2D eigenvalue weighted by molar-refractivity contribution is -0.136. The highest BCUT2D eigenvalue weighted by molar-refractivity contribution is 5.81. The maximum atomic E-state index is 12.8. The normalized spacial score (nSPS) is 12.3. The van der Waals surface area contributed by atoms with E-state index in [-0.39, 0.29) is 5.39 Å². The van der Waals surface area contributed by atoms with Crippen LogP contribution < -0.4 is 11.2 Å². The molecule has 0 fully saturated rings. The molecule has 0 aliphatic heterocycles. The molecule has 0 aliphatic carbocycles. The number of hydrogen-bond acceptors (Lipinski definition) is 2. The number of halogens is 3. The third-order valence-electron chi connectivity index (χ3n) is 2.79. The number of H-pyrrole nitrogens is 1. The second kappa shape index (κ2) is 4.25. The average molecular weight is 272 g/mol. The molecular weight excluding hydrogens is 261 g/mol. The fraction of sp³-hybridized carbons (Fsp3) is 0.333. The topological polar surface area (TPSA) is 54.9 Å². The smallest absolute Gasteiger partial charge is 0.306 e. The molecule has 1 heterocycles. The van der Waals surface area contributed by atoms with Gasteiger partial charge in [0.25, 0.3) is 5.56 Å². The zero-order chi connectivity index (χ0) is 14.4. The molecule has 1 aromatic heterocycles. The van der Waals surface area contributed by atoms with Crippen LogP contribution in [0, 0.1) is 0 Å². The van der Waals surface area contributed by atoms with Gasteiger partial charge in [-0.25, -0.2) is 4.79 Å². The molecule has 0 bridgehead atoms. The fourth-order valence-corrected chi connectivity index (χ4v) is 1.96. The van der Waals surface area contributed by atoms with Crippen LogP contribution >= 0.6 is 0 Å². The van der Waals surface area contributed by atoms with E-state index in [2.05, 4.69) is 4.98 Å². The Kier molecular flexibility index (Phi) is 3.00. The summed E-state index contributed by atoms with van der Waals surface area (Å²) in [5, 5.41) is -0.150. The van der Waals surface area contributed by atoms with E-state index in [1.54, 1.807) is 13.8 Å². The number of alkyl halides is 3. The lowest BCUT2D eigenvalue weighted by atomic mass is 10.1. The standard InChI is InChI=1S/C12H11F3N2O2/c1-6(2)17-10(18)7-4-3-5-8(12(13,14)15)9(7)16-11(17)19/h3-6H,1-2H3,(H,16,19). The summed E-state index contributed by atoms with van der Waals surface area (Å²) < 4.78 is 39.3. The molecular formula is C12H11F3N2O2. The van der Waals surface area contributed by atoms with Gasteiger partial charge < -0.3 is 4.98 Å². The van der Waals surface area contributed by atoms with E-state index < -0.39 is 34.5 Å². The maximum Gasteiger partial charge on any atom is 0.418 e. The highest BCUT2D eigenvalue weighted by Crippen LogP contribution is 2.32. The third kappa shape index (κ3) is 2.16. The summed E-state index contributed by atoms with van der Waals surface area (Å²) in [5.74, 6) is 0. The quantitative estimate of drug-likeness (QED) is 0.866. The second-order valence-electron chi connectivity index (χ2n) is 4.42. The largest absolute Gasteiger partial charge is 0.418 e. The Bertz CT molecular complexity index is 741. The number of fused-ring (bicyclic) bond motifs is 1. The number of nitrogens with zero attached hydrogens (tertiary/aromatic N) is 1. The first kappa shape index (κ1) is 13.4. The van der Waals surface area contributed by atoms with Crippen molar-refractivity contribution >= 4 is 10.9 Å². The Morgan fingerprint density at radius 1 is 1.21 bits per heavy atom. The molecule has 1 N–H and O–H groups in total. The minimum Gasteiger partial charge on any atom is -0.306 e. The number of nitrogens with one attached hydrogen (secondary N) is 1. The van der Waals surface area contributed by atoms with Crippen LogP contribution in [0.1, 0.15) is 25.5 Å². The van der Waals surface area contributed by atoms with Gasteiger partial charge in [-0.3, -0.25) is 9.36 Å². The van der Waals surface area contributed by atoms with Crippen LogP contribution in [0.15, 0.2) is 27.8 Å². The molecule has 2 aromatic rings. The molecule has 0 unspecified atom stereocenters. The molecule has 0 spiro atoms. The van der Waals surface area contributed by atoms with Crippen LogP contribution in [0.25, 0.3) is 10.9 Å². The van der Waals surface area contributed by atoms with Gasteiger partial charge in [0.1, 0.15) is 0 Å². The Labute approximate surface area is 105 Å². The summed E-state index contributed by atoms with van der Waals surface area (Å²) in [6.07, 6.45) is -4.63. The molecule has 2 rings (SSSR count). The SMILES string of the molecule is CC(C)n1c(=O)[nH]c2c(C(F)(F)F)cccc2c1=O. The van der Waals surface area contributed by atoms with E-state index in [0.717, 1.165) is 16.7 Å². The van der Waals surface area contributed by atoms with E-state index in [9.17, 15) is 22.8 Å². The maximum absolute atomic E-state index is 12.8. The van der Waals surface area contributed by atoms with Crippen molar-refractivity contribution in [3.63, 3.8) is 0 Å². The molecule has 7 heteroatoms. The van der Waals surface area contributed by atoms with E-state index in [1.807, 2.05) is 0 Å². The number of para-hydroxylation sites is 1. The lowest BCUT2D eigenvalue weighted by Crippen LogP contribution is -2.36. The number of benzene rings is 1. The van der Waals surface area contributed by atoms with Crippen LogP contribution in [-0.2, 0) is 6.18 Å². The van der Waals surface area contributed by atoms with Crippen LogP contribution in [-0.4, -0.2) is 9.55 Å². The molecule has 0 saturated heterocycles. The number of aromatic amines is 1. The molecule has 0 aliphatic rings. The van der Waals surface area contributed by atoms with Gasteiger partial charge in [-0.1, -0.05) is 6.07 Å². The van der Waals surface area contributed by atoms with Gasteiger partial charge in [-0.2, -0.15) is 13.2 Å². The summed E-state index contributed by atoms with van der Waals surface area (Å²) in [7, 11) is 0. The van der Waals surface area contributed by atoms with Gasteiger partial charge in [0.15, 0.2) is 0 Å². The predicted molar refractivity (Wildman–Crippen MR) is 64.2 cm³/mol. The van der Waals surface area contributed by atoms with E-state index >= 15 is 0 Å². The number of hydrogen-bond donors (Lipinski definition) is 1. The van der Waals surface area contributed by atoms with Crippen molar-refractivity contribution in [3.05, 3.63) is 44.6 Å². The summed E-state index contributed by atoms with van der Waals surface area (Å²) in [4.78, 5) is 25.9. The van der Waals surface area contributed by atoms with Crippen molar-refractivity contribution in [2.45, 2.75) is 26.1 Å². The zero-order valence-corrected chi connectivity index (χ0v) is 10.2. The van der Waals surface area contributed by atoms with E-state index in [0.29, 0.717) is 0 Å². The molecule has 19 heavy (non-hydrogen) atoms. The molecule has 102 valence electrons. The lowest BCUT2D eigenvalue weighted by Gasteiger charge is -2.13. The predicted octanol–water partition coefficient (Wildman–Crippen LogP) is 2.29. The van der Waals surface area contributed by atoms with Crippen molar-refractivity contribution in [1.82, 2.24) is 9.55 Å². The van der Waals surface area contributed by atoms with Gasteiger partial charge in [0.2, 0.25) is 0 Å². The first-order valence-electron chi connectivity index (χ1n) is 5.58. The summed E-state index contributed by atoms with van der Waals surface area (Å²) in [6.45, 7) is 3.21. The van der Waals surface area contributed by atoms with Gasteiger partial charge in [-0.15, -0.1) is 0 Å². The summed E-state index contributed by atoms with van der Waals surface area (Å²) in [6, 6.07) is 2.81. The number of aromatic nitrogens is 2. The van der Waals surface area contributed by atoms with Crippen molar-refractivity contribution in [2.24, 2.45) is 0 Å². The monoisotopic (exact) mass is 272 g/mol. The van der Waals surface area contributed by atoms with Gasteiger partial charge in [0, 0.05) is 6.04 Å². The van der Waals surface area contributed by atoms with Gasteiger partial charge >= 0.3 is 11.9 Å². The number of rotatable bonds is 1. The van der Waals surface area contributed by atoms with E-state index in [4.69, 9.17) is 0 Å². The Balaban J connectivity index is 2.97. The first-order valence-corrected chi connectivity index (χ1v) is 5.58. The third-order valence-corrected chi connectivity index (χ3v) is 2.79. The zero-order valence-electron chi connectivity index (χ0n) is 10.2. The van der Waals surface area contributed by atoms with E-state index in [1.165, 1.54) is 6.07 Å². The summed E-state index contributed by atoms with van der Waals surface area (Å²) >= 11 is 0. The molecule has 0 amide bonds. The highest BCUT2D eigenvalue weighted by atomic mass is 19.4. The average Bonchev–Trinajstić information content (AvgIpc) is 2.26. The molecule has 0 radical (unpaired) electrons. The molecule has 4 nitrogen and oxygen atoms in total. The van der Waals surface area contributed by atoms with Crippen LogP contribution in [0.4, 0.5) is 13.2 Å². The highest BCUT2D eigenvalue weighted by Gasteiger charge is 2.33. The molecule has 1 aromatic carbocycles. The van der Waals surface area contributed by atoms with Crippen LogP contribution in [0.3, 0.4) is 0 Å². The fourth-order valence-electron chi connectivity index (χ4n) is 1.96. The Morgan fingerprint density at radius 3 is 2.37 bits per heavy atom. The first-order chi connectivity index (χ1) is 8.73. The Morgan fingerprint density at radius 2 is 1.84 bits per heavy atom. The van der Waals surface area contributed by atoms with Gasteiger partial charge in [0.05, 0.1) is 16.5 Å². The van der Waals surface area contributed by atoms with Crippen molar-refractivity contribution < 1.29 is 13.2 Å². The molecule has 0 atom stereocenters. The van der Waals surface area contributed by atoms with Crippen molar-refractivity contribution in [3.8, 4) is 0 Å². The minimum atomic E-state index is -4.63. The van der Waals surface area contributed by atoms with Gasteiger partial charge in [-0.05, 0) is 26.0 Å². The van der Waals surface area contributed by atoms with Crippen LogP contribution in [0.5, 0.6) is 0 Å². The van der Waals surface area contributed by atoms with Crippen molar-refractivity contribution in [2.75, 3.05) is 0 Å². The summed E-state index contributed by atoms with van der Waals surface area (Å²) in [5.41, 5.74) is -3.05.